The molecule has 0 radical (unpaired) electrons. The van der Waals surface area contributed by atoms with Crippen LogP contribution in [0.25, 0.3) is 0 Å². The van der Waals surface area contributed by atoms with Crippen molar-refractivity contribution >= 4 is 11.9 Å². The molecule has 5 nitrogen and oxygen atoms in total. The molecule has 1 amide bonds. The van der Waals surface area contributed by atoms with E-state index >= 15 is 0 Å². The van der Waals surface area contributed by atoms with Gasteiger partial charge in [-0.15, -0.1) is 6.58 Å². The maximum atomic E-state index is 12.0. The molecule has 0 fully saturated rings. The third-order valence-corrected chi connectivity index (χ3v) is 2.62. The Morgan fingerprint density at radius 3 is 2.50 bits per heavy atom. The third-order valence-electron chi connectivity index (χ3n) is 2.62. The Morgan fingerprint density at radius 1 is 1.35 bits per heavy atom. The predicted octanol–water partition coefficient (Wildman–Crippen LogP) is 1.73. The van der Waals surface area contributed by atoms with E-state index in [2.05, 4.69) is 6.58 Å². The molecule has 0 spiro atoms. The van der Waals surface area contributed by atoms with Crippen LogP contribution in [-0.4, -0.2) is 41.6 Å². The molecule has 0 aromatic heterocycles. The minimum absolute atomic E-state index is 0.160. The summed E-state index contributed by atoms with van der Waals surface area (Å²) in [5.41, 5.74) is 0.818. The van der Waals surface area contributed by atoms with Crippen LogP contribution in [0.15, 0.2) is 36.9 Å². The summed E-state index contributed by atoms with van der Waals surface area (Å²) in [5, 5.41) is 8.78. The standard InChI is InChI=1S/C15H19NO4/c1-3-9-16(11-15(18)19)14(17)10-12-5-7-13(8-6-12)20-4-2/h3,5-8H,1,4,9-11H2,2H3,(H,18,19). The van der Waals surface area contributed by atoms with Crippen molar-refractivity contribution < 1.29 is 19.4 Å². The molecule has 20 heavy (non-hydrogen) atoms. The molecule has 0 saturated heterocycles. The molecule has 0 aliphatic heterocycles. The van der Waals surface area contributed by atoms with Crippen LogP contribution in [0.4, 0.5) is 0 Å². The summed E-state index contributed by atoms with van der Waals surface area (Å²) in [6.07, 6.45) is 1.67. The van der Waals surface area contributed by atoms with Crippen LogP contribution in [0.1, 0.15) is 12.5 Å². The van der Waals surface area contributed by atoms with Gasteiger partial charge in [-0.25, -0.2) is 0 Å². The summed E-state index contributed by atoms with van der Waals surface area (Å²) < 4.78 is 5.32. The SMILES string of the molecule is C=CCN(CC(=O)O)C(=O)Cc1ccc(OCC)cc1. The number of rotatable bonds is 8. The van der Waals surface area contributed by atoms with Crippen molar-refractivity contribution in [3.8, 4) is 5.75 Å². The first-order valence-corrected chi connectivity index (χ1v) is 6.39. The molecule has 0 atom stereocenters. The average molecular weight is 277 g/mol. The molecule has 1 aromatic carbocycles. The summed E-state index contributed by atoms with van der Waals surface area (Å²) >= 11 is 0. The van der Waals surface area contributed by atoms with Gasteiger partial charge in [-0.3, -0.25) is 9.59 Å². The molecule has 0 saturated carbocycles. The first kappa shape index (κ1) is 15.8. The molecule has 0 unspecified atom stereocenters. The second-order valence-corrected chi connectivity index (χ2v) is 4.21. The van der Waals surface area contributed by atoms with Gasteiger partial charge < -0.3 is 14.7 Å². The molecule has 0 heterocycles. The number of carbonyl (C=O) groups excluding carboxylic acids is 1. The smallest absolute Gasteiger partial charge is 0.323 e. The topological polar surface area (TPSA) is 66.8 Å². The van der Waals surface area contributed by atoms with E-state index in [1.807, 2.05) is 6.92 Å². The van der Waals surface area contributed by atoms with Crippen LogP contribution in [0.2, 0.25) is 0 Å². The summed E-state index contributed by atoms with van der Waals surface area (Å²) in [6, 6.07) is 7.19. The van der Waals surface area contributed by atoms with Gasteiger partial charge in [-0.1, -0.05) is 18.2 Å². The fraction of sp³-hybridized carbons (Fsp3) is 0.333. The van der Waals surface area contributed by atoms with E-state index in [4.69, 9.17) is 9.84 Å². The number of carboxylic acids is 1. The lowest BCUT2D eigenvalue weighted by molar-refractivity contribution is -0.143. The number of ether oxygens (including phenoxy) is 1. The Morgan fingerprint density at radius 2 is 2.00 bits per heavy atom. The lowest BCUT2D eigenvalue weighted by Crippen LogP contribution is -2.36. The Labute approximate surface area is 118 Å². The van der Waals surface area contributed by atoms with E-state index in [0.717, 1.165) is 11.3 Å². The maximum absolute atomic E-state index is 12.0. The molecule has 1 rings (SSSR count). The summed E-state index contributed by atoms with van der Waals surface area (Å²) in [6.45, 7) is 5.92. The van der Waals surface area contributed by atoms with Gasteiger partial charge in [0.05, 0.1) is 13.0 Å². The lowest BCUT2D eigenvalue weighted by atomic mass is 10.1. The molecule has 0 aliphatic carbocycles. The van der Waals surface area contributed by atoms with Gasteiger partial charge in [-0.2, -0.15) is 0 Å². The van der Waals surface area contributed by atoms with Crippen LogP contribution in [-0.2, 0) is 16.0 Å². The van der Waals surface area contributed by atoms with E-state index in [1.54, 1.807) is 24.3 Å². The third kappa shape index (κ3) is 5.14. The Balaban J connectivity index is 2.66. The van der Waals surface area contributed by atoms with Crippen LogP contribution in [0.3, 0.4) is 0 Å². The van der Waals surface area contributed by atoms with E-state index in [-0.39, 0.29) is 25.4 Å². The van der Waals surface area contributed by atoms with Gasteiger partial charge in [0.1, 0.15) is 12.3 Å². The van der Waals surface area contributed by atoms with Crippen molar-refractivity contribution in [3.63, 3.8) is 0 Å². The Hall–Kier alpha value is -2.30. The van der Waals surface area contributed by atoms with Gasteiger partial charge in [0.25, 0.3) is 0 Å². The minimum Gasteiger partial charge on any atom is -0.494 e. The van der Waals surface area contributed by atoms with Crippen LogP contribution >= 0.6 is 0 Å². The number of benzene rings is 1. The maximum Gasteiger partial charge on any atom is 0.323 e. The zero-order valence-electron chi connectivity index (χ0n) is 11.5. The lowest BCUT2D eigenvalue weighted by Gasteiger charge is -2.18. The van der Waals surface area contributed by atoms with E-state index in [0.29, 0.717) is 6.61 Å². The van der Waals surface area contributed by atoms with Crippen molar-refractivity contribution in [1.82, 2.24) is 4.90 Å². The quantitative estimate of drug-likeness (QED) is 0.735. The number of carboxylic acid groups (broad SMARTS) is 1. The number of hydrogen-bond acceptors (Lipinski definition) is 3. The zero-order valence-corrected chi connectivity index (χ0v) is 11.5. The number of amides is 1. The normalized spacial score (nSPS) is 9.85. The highest BCUT2D eigenvalue weighted by atomic mass is 16.5. The van der Waals surface area contributed by atoms with Gasteiger partial charge >= 0.3 is 5.97 Å². The van der Waals surface area contributed by atoms with Gasteiger partial charge in [0.15, 0.2) is 0 Å². The van der Waals surface area contributed by atoms with Crippen LogP contribution in [0, 0.1) is 0 Å². The fourth-order valence-electron chi connectivity index (χ4n) is 1.73. The van der Waals surface area contributed by atoms with Gasteiger partial charge in [0.2, 0.25) is 5.91 Å². The Bertz CT molecular complexity index is 467. The summed E-state index contributed by atoms with van der Waals surface area (Å²) in [7, 11) is 0. The van der Waals surface area contributed by atoms with Crippen molar-refractivity contribution in [2.75, 3.05) is 19.7 Å². The van der Waals surface area contributed by atoms with Gasteiger partial charge in [-0.05, 0) is 24.6 Å². The molecule has 1 N–H and O–H groups in total. The first-order valence-electron chi connectivity index (χ1n) is 6.39. The summed E-state index contributed by atoms with van der Waals surface area (Å²) in [4.78, 5) is 24.0. The molecular weight excluding hydrogens is 258 g/mol. The fourth-order valence-corrected chi connectivity index (χ4v) is 1.73. The van der Waals surface area contributed by atoms with Crippen LogP contribution < -0.4 is 4.74 Å². The van der Waals surface area contributed by atoms with Crippen molar-refractivity contribution in [2.24, 2.45) is 0 Å². The highest BCUT2D eigenvalue weighted by molar-refractivity contribution is 5.83. The molecule has 0 aliphatic rings. The highest BCUT2D eigenvalue weighted by Gasteiger charge is 2.15. The van der Waals surface area contributed by atoms with Crippen molar-refractivity contribution in [3.05, 3.63) is 42.5 Å². The van der Waals surface area contributed by atoms with Crippen molar-refractivity contribution in [2.45, 2.75) is 13.3 Å². The van der Waals surface area contributed by atoms with Crippen molar-refractivity contribution in [1.29, 1.82) is 0 Å². The van der Waals surface area contributed by atoms with E-state index in [1.165, 1.54) is 11.0 Å². The number of aliphatic carboxylic acids is 1. The number of hydrogen-bond donors (Lipinski definition) is 1. The van der Waals surface area contributed by atoms with E-state index < -0.39 is 5.97 Å². The zero-order chi connectivity index (χ0) is 15.0. The molecule has 5 heteroatoms. The molecular formula is C15H19NO4. The van der Waals surface area contributed by atoms with Crippen LogP contribution in [0.5, 0.6) is 5.75 Å². The highest BCUT2D eigenvalue weighted by Crippen LogP contribution is 2.13. The molecule has 0 bridgehead atoms. The van der Waals surface area contributed by atoms with Gasteiger partial charge in [0, 0.05) is 6.54 Å². The monoisotopic (exact) mass is 277 g/mol. The predicted molar refractivity (Wildman–Crippen MR) is 75.7 cm³/mol. The largest absolute Gasteiger partial charge is 0.494 e. The minimum atomic E-state index is -1.04. The summed E-state index contributed by atoms with van der Waals surface area (Å²) in [5.74, 6) is -0.527. The number of nitrogens with zero attached hydrogens (tertiary/aromatic N) is 1. The Kier molecular flexibility index (Phi) is 6.29. The second kappa shape index (κ2) is 7.99. The number of carbonyl (C=O) groups is 2. The molecule has 1 aromatic rings. The molecule has 108 valence electrons. The average Bonchev–Trinajstić information content (AvgIpc) is 2.40. The first-order chi connectivity index (χ1) is 9.56. The van der Waals surface area contributed by atoms with E-state index in [9.17, 15) is 9.59 Å². The second-order valence-electron chi connectivity index (χ2n) is 4.21.